The van der Waals surface area contributed by atoms with Crippen molar-refractivity contribution >= 4 is 50.1 Å². The Balaban J connectivity index is 1.42. The first-order valence-electron chi connectivity index (χ1n) is 10.5. The van der Waals surface area contributed by atoms with Gasteiger partial charge in [0, 0.05) is 25.5 Å². The van der Waals surface area contributed by atoms with Crippen molar-refractivity contribution in [2.24, 2.45) is 0 Å². The van der Waals surface area contributed by atoms with Gasteiger partial charge in [-0.15, -0.1) is 0 Å². The van der Waals surface area contributed by atoms with Crippen molar-refractivity contribution in [3.8, 4) is 0 Å². The summed E-state index contributed by atoms with van der Waals surface area (Å²) in [5, 5.41) is 7.08. The number of nitrogens with zero attached hydrogens (tertiary/aromatic N) is 4. The van der Waals surface area contributed by atoms with Crippen LogP contribution in [-0.2, 0) is 16.1 Å². The molecule has 4 aromatic rings. The molecular formula is C24H26N6O2S. The number of aryl methyl sites for hydroxylation is 1. The maximum atomic E-state index is 11.5. The normalized spacial score (nSPS) is 11.9. The van der Waals surface area contributed by atoms with Crippen LogP contribution in [-0.4, -0.2) is 41.1 Å². The average molecular weight is 463 g/mol. The Morgan fingerprint density at radius 3 is 2.61 bits per heavy atom. The lowest BCUT2D eigenvalue weighted by atomic mass is 10.2. The van der Waals surface area contributed by atoms with E-state index in [4.69, 9.17) is 9.72 Å². The number of pyridine rings is 2. The van der Waals surface area contributed by atoms with E-state index in [1.807, 2.05) is 31.3 Å². The fourth-order valence-corrected chi connectivity index (χ4v) is 4.03. The molecule has 3 heterocycles. The standard InChI is InChI=1S/C24H26N6O2S/c1-15-5-8-18(9-6-15)30(3)21-12-10-19-22(29-21)33-24(27-19)28-20-11-7-17(14-26-20)13-25-16(2)23(31)32-4/h5-12,14,16,25H,13H2,1-4H3,(H,26,27,28)/t16-/m0/s1. The summed E-state index contributed by atoms with van der Waals surface area (Å²) in [5.41, 5.74) is 4.10. The van der Waals surface area contributed by atoms with Gasteiger partial charge < -0.3 is 20.3 Å². The number of esters is 1. The summed E-state index contributed by atoms with van der Waals surface area (Å²) in [4.78, 5) is 28.3. The van der Waals surface area contributed by atoms with Gasteiger partial charge >= 0.3 is 5.97 Å². The number of carbonyl (C=O) groups is 1. The van der Waals surface area contributed by atoms with Crippen LogP contribution in [0.4, 0.5) is 22.5 Å². The van der Waals surface area contributed by atoms with Crippen molar-refractivity contribution in [1.29, 1.82) is 0 Å². The highest BCUT2D eigenvalue weighted by atomic mass is 32.1. The zero-order chi connectivity index (χ0) is 23.4. The second kappa shape index (κ2) is 9.93. The van der Waals surface area contributed by atoms with Crippen LogP contribution in [0.5, 0.6) is 0 Å². The van der Waals surface area contributed by atoms with E-state index >= 15 is 0 Å². The number of fused-ring (bicyclic) bond motifs is 1. The highest BCUT2D eigenvalue weighted by Gasteiger charge is 2.13. The van der Waals surface area contributed by atoms with Crippen LogP contribution in [0.3, 0.4) is 0 Å². The Labute approximate surface area is 196 Å². The molecule has 0 bridgehead atoms. The lowest BCUT2D eigenvalue weighted by Crippen LogP contribution is -2.34. The van der Waals surface area contributed by atoms with Gasteiger partial charge in [-0.2, -0.15) is 0 Å². The van der Waals surface area contributed by atoms with Crippen LogP contribution >= 0.6 is 11.3 Å². The average Bonchev–Trinajstić information content (AvgIpc) is 3.24. The van der Waals surface area contributed by atoms with Crippen LogP contribution in [0.2, 0.25) is 0 Å². The number of aromatic nitrogens is 3. The molecule has 0 unspecified atom stereocenters. The van der Waals surface area contributed by atoms with Gasteiger partial charge in [0.15, 0.2) is 5.13 Å². The lowest BCUT2D eigenvalue weighted by Gasteiger charge is -2.18. The number of rotatable bonds is 8. The Kier molecular flexibility index (Phi) is 6.81. The van der Waals surface area contributed by atoms with Crippen LogP contribution in [0.1, 0.15) is 18.1 Å². The van der Waals surface area contributed by atoms with Crippen molar-refractivity contribution < 1.29 is 9.53 Å². The summed E-state index contributed by atoms with van der Waals surface area (Å²) in [6.45, 7) is 4.36. The molecule has 1 atom stereocenters. The molecule has 0 fully saturated rings. The predicted molar refractivity (Wildman–Crippen MR) is 132 cm³/mol. The fourth-order valence-electron chi connectivity index (χ4n) is 3.19. The van der Waals surface area contributed by atoms with Gasteiger partial charge in [0.05, 0.1) is 7.11 Å². The Morgan fingerprint density at radius 2 is 1.91 bits per heavy atom. The zero-order valence-electron chi connectivity index (χ0n) is 19.0. The van der Waals surface area contributed by atoms with Gasteiger partial charge in [-0.3, -0.25) is 4.79 Å². The minimum Gasteiger partial charge on any atom is -0.468 e. The van der Waals surface area contributed by atoms with E-state index in [0.717, 1.165) is 32.5 Å². The first-order valence-corrected chi connectivity index (χ1v) is 11.4. The topological polar surface area (TPSA) is 92.3 Å². The molecule has 0 radical (unpaired) electrons. The fraction of sp³-hybridized carbons (Fsp3) is 0.250. The minimum absolute atomic E-state index is 0.293. The highest BCUT2D eigenvalue weighted by Crippen LogP contribution is 2.30. The number of thiazole rings is 1. The van der Waals surface area contributed by atoms with Crippen LogP contribution < -0.4 is 15.5 Å². The summed E-state index contributed by atoms with van der Waals surface area (Å²) < 4.78 is 4.72. The van der Waals surface area contributed by atoms with Crippen molar-refractivity contribution in [3.05, 3.63) is 65.9 Å². The van der Waals surface area contributed by atoms with Gasteiger partial charge in [0.1, 0.15) is 28.0 Å². The van der Waals surface area contributed by atoms with E-state index in [1.54, 1.807) is 13.1 Å². The van der Waals surface area contributed by atoms with Crippen LogP contribution in [0.15, 0.2) is 54.7 Å². The third-order valence-corrected chi connectivity index (χ3v) is 6.11. The number of methoxy groups -OCH3 is 1. The van der Waals surface area contributed by atoms with Gasteiger partial charge in [0.25, 0.3) is 0 Å². The van der Waals surface area contributed by atoms with Crippen LogP contribution in [0, 0.1) is 6.92 Å². The molecule has 2 N–H and O–H groups in total. The lowest BCUT2D eigenvalue weighted by molar-refractivity contribution is -0.142. The molecule has 0 aliphatic carbocycles. The number of carbonyl (C=O) groups excluding carboxylic acids is 1. The maximum Gasteiger partial charge on any atom is 0.322 e. The quantitative estimate of drug-likeness (QED) is 0.368. The van der Waals surface area contributed by atoms with E-state index < -0.39 is 0 Å². The Bertz CT molecular complexity index is 1240. The summed E-state index contributed by atoms with van der Waals surface area (Å²) in [5.74, 6) is 1.26. The molecule has 4 rings (SSSR count). The SMILES string of the molecule is COC(=O)[C@H](C)NCc1ccc(Nc2nc3ccc(N(C)c4ccc(C)cc4)nc3s2)nc1. The highest BCUT2D eigenvalue weighted by molar-refractivity contribution is 7.21. The first-order chi connectivity index (χ1) is 15.9. The Morgan fingerprint density at radius 1 is 1.12 bits per heavy atom. The van der Waals surface area contributed by atoms with Crippen molar-refractivity contribution in [2.45, 2.75) is 26.4 Å². The van der Waals surface area contributed by atoms with E-state index in [2.05, 4.69) is 56.7 Å². The number of benzene rings is 1. The molecule has 8 nitrogen and oxygen atoms in total. The number of ether oxygens (including phenoxy) is 1. The van der Waals surface area contributed by atoms with Crippen molar-refractivity contribution in [2.75, 3.05) is 24.4 Å². The van der Waals surface area contributed by atoms with Gasteiger partial charge in [0.2, 0.25) is 0 Å². The molecule has 0 saturated heterocycles. The summed E-state index contributed by atoms with van der Waals surface area (Å²) in [6, 6.07) is 15.8. The van der Waals surface area contributed by atoms with Gasteiger partial charge in [-0.25, -0.2) is 15.0 Å². The molecule has 0 spiro atoms. The van der Waals surface area contributed by atoms with Gasteiger partial charge in [-0.05, 0) is 49.7 Å². The largest absolute Gasteiger partial charge is 0.468 e. The smallest absolute Gasteiger partial charge is 0.322 e. The van der Waals surface area contributed by atoms with Crippen molar-refractivity contribution in [3.63, 3.8) is 0 Å². The second-order valence-corrected chi connectivity index (χ2v) is 8.69. The predicted octanol–water partition coefficient (Wildman–Crippen LogP) is 4.56. The third kappa shape index (κ3) is 5.44. The summed E-state index contributed by atoms with van der Waals surface area (Å²) in [7, 11) is 3.38. The molecule has 9 heteroatoms. The molecule has 33 heavy (non-hydrogen) atoms. The third-order valence-electron chi connectivity index (χ3n) is 5.23. The summed E-state index contributed by atoms with van der Waals surface area (Å²) in [6.07, 6.45) is 1.76. The van der Waals surface area contributed by atoms with E-state index in [-0.39, 0.29) is 12.0 Å². The number of anilines is 4. The first kappa shape index (κ1) is 22.6. The summed E-state index contributed by atoms with van der Waals surface area (Å²) >= 11 is 1.48. The van der Waals surface area contributed by atoms with E-state index in [1.165, 1.54) is 24.0 Å². The molecule has 0 saturated carbocycles. The number of nitrogens with one attached hydrogen (secondary N) is 2. The maximum absolute atomic E-state index is 11.5. The van der Waals surface area contributed by atoms with Crippen LogP contribution in [0.25, 0.3) is 10.3 Å². The number of hydrogen-bond acceptors (Lipinski definition) is 9. The zero-order valence-corrected chi connectivity index (χ0v) is 19.8. The molecular weight excluding hydrogens is 436 g/mol. The minimum atomic E-state index is -0.377. The molecule has 1 aromatic carbocycles. The molecule has 0 amide bonds. The number of hydrogen-bond donors (Lipinski definition) is 2. The monoisotopic (exact) mass is 462 g/mol. The Hall–Kier alpha value is -3.56. The van der Waals surface area contributed by atoms with Crippen molar-refractivity contribution in [1.82, 2.24) is 20.3 Å². The second-order valence-electron chi connectivity index (χ2n) is 7.71. The van der Waals surface area contributed by atoms with Gasteiger partial charge in [-0.1, -0.05) is 35.1 Å². The molecule has 0 aliphatic heterocycles. The molecule has 170 valence electrons. The van der Waals surface area contributed by atoms with E-state index in [0.29, 0.717) is 12.4 Å². The molecule has 3 aromatic heterocycles. The molecule has 0 aliphatic rings. The van der Waals surface area contributed by atoms with E-state index in [9.17, 15) is 4.79 Å².